The van der Waals surface area contributed by atoms with Crippen molar-refractivity contribution >= 4 is 11.6 Å². The first kappa shape index (κ1) is 14.0. The van der Waals surface area contributed by atoms with Crippen LogP contribution in [0.15, 0.2) is 48.5 Å². The summed E-state index contributed by atoms with van der Waals surface area (Å²) in [5, 5.41) is 2.62. The Morgan fingerprint density at radius 1 is 0.950 bits per heavy atom. The molecule has 5 heteroatoms. The molecule has 0 spiro atoms. The van der Waals surface area contributed by atoms with Crippen LogP contribution in [0.1, 0.15) is 6.42 Å². The monoisotopic (exact) mass is 277 g/mol. The van der Waals surface area contributed by atoms with Gasteiger partial charge in [0.2, 0.25) is 5.91 Å². The van der Waals surface area contributed by atoms with Crippen LogP contribution in [0.5, 0.6) is 5.75 Å². The van der Waals surface area contributed by atoms with Crippen LogP contribution in [0.4, 0.5) is 14.5 Å². The van der Waals surface area contributed by atoms with Crippen molar-refractivity contribution < 1.29 is 18.3 Å². The van der Waals surface area contributed by atoms with Crippen LogP contribution in [-0.4, -0.2) is 12.5 Å². The van der Waals surface area contributed by atoms with E-state index in [0.29, 0.717) is 11.4 Å². The number of anilines is 1. The highest BCUT2D eigenvalue weighted by molar-refractivity contribution is 5.90. The van der Waals surface area contributed by atoms with Crippen LogP contribution in [-0.2, 0) is 4.79 Å². The number of carbonyl (C=O) groups is 1. The van der Waals surface area contributed by atoms with Crippen molar-refractivity contribution in [2.45, 2.75) is 6.42 Å². The lowest BCUT2D eigenvalue weighted by atomic mass is 10.3. The van der Waals surface area contributed by atoms with Crippen LogP contribution in [0, 0.1) is 11.6 Å². The van der Waals surface area contributed by atoms with Crippen LogP contribution in [0.3, 0.4) is 0 Å². The first-order valence-corrected chi connectivity index (χ1v) is 6.07. The van der Waals surface area contributed by atoms with Crippen LogP contribution in [0.2, 0.25) is 0 Å². The SMILES string of the molecule is O=C(CCOc1ccc(F)cc1)Nc1ccc(F)cc1. The van der Waals surface area contributed by atoms with E-state index in [1.54, 1.807) is 0 Å². The number of halogens is 2. The molecule has 2 rings (SSSR count). The van der Waals surface area contributed by atoms with Gasteiger partial charge in [-0.05, 0) is 48.5 Å². The summed E-state index contributed by atoms with van der Waals surface area (Å²) < 4.78 is 30.6. The zero-order valence-electron chi connectivity index (χ0n) is 10.6. The Morgan fingerprint density at radius 3 is 2.10 bits per heavy atom. The molecule has 104 valence electrons. The van der Waals surface area contributed by atoms with Gasteiger partial charge < -0.3 is 10.1 Å². The minimum atomic E-state index is -0.359. The van der Waals surface area contributed by atoms with Crippen molar-refractivity contribution in [3.63, 3.8) is 0 Å². The second kappa shape index (κ2) is 6.65. The maximum atomic E-state index is 12.7. The van der Waals surface area contributed by atoms with E-state index < -0.39 is 0 Å². The van der Waals surface area contributed by atoms with Crippen molar-refractivity contribution in [3.8, 4) is 5.75 Å². The normalized spacial score (nSPS) is 10.1. The Kier molecular flexibility index (Phi) is 4.65. The number of rotatable bonds is 5. The molecule has 2 aromatic rings. The van der Waals surface area contributed by atoms with E-state index in [1.165, 1.54) is 48.5 Å². The Labute approximate surface area is 115 Å². The fourth-order valence-corrected chi connectivity index (χ4v) is 1.55. The lowest BCUT2D eigenvalue weighted by Crippen LogP contribution is -2.15. The van der Waals surface area contributed by atoms with Crippen LogP contribution < -0.4 is 10.1 Å². The third-order valence-electron chi connectivity index (χ3n) is 2.54. The van der Waals surface area contributed by atoms with Crippen molar-refractivity contribution in [2.75, 3.05) is 11.9 Å². The second-order valence-electron chi connectivity index (χ2n) is 4.11. The molecule has 0 saturated carbocycles. The highest BCUT2D eigenvalue weighted by atomic mass is 19.1. The van der Waals surface area contributed by atoms with Gasteiger partial charge in [-0.25, -0.2) is 8.78 Å². The van der Waals surface area contributed by atoms with E-state index in [0.717, 1.165) is 0 Å². The molecule has 0 saturated heterocycles. The van der Waals surface area contributed by atoms with Gasteiger partial charge in [0, 0.05) is 5.69 Å². The van der Waals surface area contributed by atoms with E-state index >= 15 is 0 Å². The van der Waals surface area contributed by atoms with Gasteiger partial charge in [-0.3, -0.25) is 4.79 Å². The van der Waals surface area contributed by atoms with Gasteiger partial charge in [-0.2, -0.15) is 0 Å². The minimum absolute atomic E-state index is 0.148. The van der Waals surface area contributed by atoms with Gasteiger partial charge in [-0.15, -0.1) is 0 Å². The van der Waals surface area contributed by atoms with Gasteiger partial charge >= 0.3 is 0 Å². The molecule has 0 fully saturated rings. The van der Waals surface area contributed by atoms with Crippen molar-refractivity contribution in [1.29, 1.82) is 0 Å². The van der Waals surface area contributed by atoms with Crippen molar-refractivity contribution in [2.24, 2.45) is 0 Å². The standard InChI is InChI=1S/C15H13F2NO2/c16-11-1-5-13(6-2-11)18-15(19)9-10-20-14-7-3-12(17)4-8-14/h1-8H,9-10H2,(H,18,19). The topological polar surface area (TPSA) is 38.3 Å². The molecule has 0 radical (unpaired) electrons. The van der Waals surface area contributed by atoms with Gasteiger partial charge in [0.25, 0.3) is 0 Å². The molecule has 0 heterocycles. The zero-order valence-corrected chi connectivity index (χ0v) is 10.6. The molecule has 1 amide bonds. The van der Waals surface area contributed by atoms with Crippen molar-refractivity contribution in [3.05, 3.63) is 60.2 Å². The summed E-state index contributed by atoms with van der Waals surface area (Å²) in [7, 11) is 0. The van der Waals surface area contributed by atoms with Crippen LogP contribution >= 0.6 is 0 Å². The zero-order chi connectivity index (χ0) is 14.4. The fourth-order valence-electron chi connectivity index (χ4n) is 1.55. The van der Waals surface area contributed by atoms with Crippen LogP contribution in [0.25, 0.3) is 0 Å². The Morgan fingerprint density at radius 2 is 1.50 bits per heavy atom. The molecular weight excluding hydrogens is 264 g/mol. The van der Waals surface area contributed by atoms with E-state index in [1.807, 2.05) is 0 Å². The number of hydrogen-bond donors (Lipinski definition) is 1. The van der Waals surface area contributed by atoms with E-state index in [-0.39, 0.29) is 30.6 Å². The fraction of sp³-hybridized carbons (Fsp3) is 0.133. The smallest absolute Gasteiger partial charge is 0.227 e. The average molecular weight is 277 g/mol. The molecule has 0 aliphatic heterocycles. The third kappa shape index (κ3) is 4.35. The van der Waals surface area contributed by atoms with Crippen molar-refractivity contribution in [1.82, 2.24) is 0 Å². The molecule has 2 aromatic carbocycles. The van der Waals surface area contributed by atoms with Gasteiger partial charge in [-0.1, -0.05) is 0 Å². The minimum Gasteiger partial charge on any atom is -0.493 e. The highest BCUT2D eigenvalue weighted by Gasteiger charge is 2.03. The molecule has 0 aliphatic rings. The first-order chi connectivity index (χ1) is 9.63. The molecule has 3 nitrogen and oxygen atoms in total. The molecular formula is C15H13F2NO2. The summed E-state index contributed by atoms with van der Waals surface area (Å²) >= 11 is 0. The summed E-state index contributed by atoms with van der Waals surface area (Å²) in [6.07, 6.45) is 0.148. The summed E-state index contributed by atoms with van der Waals surface area (Å²) in [4.78, 5) is 11.6. The third-order valence-corrected chi connectivity index (χ3v) is 2.54. The first-order valence-electron chi connectivity index (χ1n) is 6.07. The quantitative estimate of drug-likeness (QED) is 0.910. The number of nitrogens with one attached hydrogen (secondary N) is 1. The van der Waals surface area contributed by atoms with E-state index in [4.69, 9.17) is 4.74 Å². The maximum absolute atomic E-state index is 12.7. The summed E-state index contributed by atoms with van der Waals surface area (Å²) in [6.45, 7) is 0.179. The number of hydrogen-bond acceptors (Lipinski definition) is 2. The van der Waals surface area contributed by atoms with Gasteiger partial charge in [0.15, 0.2) is 0 Å². The number of ether oxygens (including phenoxy) is 1. The lowest BCUT2D eigenvalue weighted by Gasteiger charge is -2.07. The highest BCUT2D eigenvalue weighted by Crippen LogP contribution is 2.12. The van der Waals surface area contributed by atoms with E-state index in [9.17, 15) is 13.6 Å². The Balaban J connectivity index is 1.75. The largest absolute Gasteiger partial charge is 0.493 e. The molecule has 0 atom stereocenters. The maximum Gasteiger partial charge on any atom is 0.227 e. The summed E-state index contributed by atoms with van der Waals surface area (Å²) in [5.41, 5.74) is 0.526. The summed E-state index contributed by atoms with van der Waals surface area (Å²) in [6, 6.07) is 11.1. The average Bonchev–Trinajstić information content (AvgIpc) is 2.44. The molecule has 0 unspecified atom stereocenters. The van der Waals surface area contributed by atoms with E-state index in [2.05, 4.69) is 5.32 Å². The Bertz CT molecular complexity index is 567. The predicted molar refractivity (Wildman–Crippen MR) is 71.5 cm³/mol. The van der Waals surface area contributed by atoms with Gasteiger partial charge in [0.05, 0.1) is 13.0 Å². The second-order valence-corrected chi connectivity index (χ2v) is 4.11. The Hall–Kier alpha value is -2.43. The molecule has 0 aliphatic carbocycles. The predicted octanol–water partition coefficient (Wildman–Crippen LogP) is 3.37. The molecule has 0 bridgehead atoms. The molecule has 20 heavy (non-hydrogen) atoms. The molecule has 1 N–H and O–H groups in total. The number of carbonyl (C=O) groups excluding carboxylic acids is 1. The number of benzene rings is 2. The van der Waals surface area contributed by atoms with Gasteiger partial charge in [0.1, 0.15) is 17.4 Å². The lowest BCUT2D eigenvalue weighted by molar-refractivity contribution is -0.116. The molecule has 0 aromatic heterocycles. The summed E-state index contributed by atoms with van der Waals surface area (Å²) in [5.74, 6) is -0.436. The number of amides is 1.